The van der Waals surface area contributed by atoms with Gasteiger partial charge in [-0.15, -0.1) is 11.8 Å². The van der Waals surface area contributed by atoms with Gasteiger partial charge in [-0.1, -0.05) is 12.2 Å². The van der Waals surface area contributed by atoms with Crippen LogP contribution in [0.1, 0.15) is 12.5 Å². The fourth-order valence-corrected chi connectivity index (χ4v) is 1.91. The third-order valence-corrected chi connectivity index (χ3v) is 2.70. The van der Waals surface area contributed by atoms with E-state index in [0.717, 1.165) is 4.90 Å². The Morgan fingerprint density at radius 2 is 2.07 bits per heavy atom. The van der Waals surface area contributed by atoms with Gasteiger partial charge in [0.25, 0.3) is 0 Å². The summed E-state index contributed by atoms with van der Waals surface area (Å²) in [6.45, 7) is 1.84. The molecule has 76 valence electrons. The molecule has 0 aliphatic heterocycles. The highest BCUT2D eigenvalue weighted by Gasteiger charge is 2.12. The highest BCUT2D eigenvalue weighted by molar-refractivity contribution is 7.98. The molecule has 1 aromatic carbocycles. The average molecular weight is 211 g/mol. The second kappa shape index (κ2) is 4.28. The molecule has 0 aliphatic carbocycles. The van der Waals surface area contributed by atoms with E-state index in [0.29, 0.717) is 11.3 Å². The van der Waals surface area contributed by atoms with Crippen molar-refractivity contribution < 1.29 is 10.2 Å². The number of hydrogen-bond donors (Lipinski definition) is 3. The number of benzene rings is 1. The summed E-state index contributed by atoms with van der Waals surface area (Å²) in [4.78, 5) is 0.776. The van der Waals surface area contributed by atoms with Crippen LogP contribution in [0.15, 0.2) is 17.0 Å². The molecule has 0 amide bonds. The van der Waals surface area contributed by atoms with Crippen LogP contribution in [0.5, 0.6) is 11.5 Å². The Kier molecular flexibility index (Phi) is 3.30. The number of nitrogen functional groups attached to an aromatic ring is 1. The first-order chi connectivity index (χ1) is 6.61. The normalized spacial score (nSPS) is 11.0. The average Bonchev–Trinajstić information content (AvgIpc) is 2.14. The quantitative estimate of drug-likeness (QED) is 0.304. The summed E-state index contributed by atoms with van der Waals surface area (Å²) >= 11 is 1.44. The number of rotatable bonds is 2. The Morgan fingerprint density at radius 1 is 1.43 bits per heavy atom. The number of nitrogens with two attached hydrogens (primary N) is 1. The zero-order chi connectivity index (χ0) is 10.7. The Labute approximate surface area is 87.3 Å². The largest absolute Gasteiger partial charge is 0.504 e. The Balaban J connectivity index is 3.47. The molecule has 0 heterocycles. The van der Waals surface area contributed by atoms with Crippen LogP contribution in [-0.2, 0) is 0 Å². The predicted octanol–water partition coefficient (Wildman–Crippen LogP) is 2.44. The predicted molar refractivity (Wildman–Crippen MR) is 60.7 cm³/mol. The van der Waals surface area contributed by atoms with Gasteiger partial charge in [-0.05, 0) is 13.2 Å². The number of phenolic OH excluding ortho intramolecular Hbond substituents is 2. The van der Waals surface area contributed by atoms with E-state index in [-0.39, 0.29) is 11.5 Å². The van der Waals surface area contributed by atoms with Crippen LogP contribution in [-0.4, -0.2) is 16.5 Å². The molecule has 0 aliphatic rings. The van der Waals surface area contributed by atoms with Crippen LogP contribution >= 0.6 is 11.8 Å². The molecule has 0 spiro atoms. The smallest absolute Gasteiger partial charge is 0.166 e. The van der Waals surface area contributed by atoms with Crippen molar-refractivity contribution in [1.82, 2.24) is 0 Å². The number of aromatic hydroxyl groups is 2. The summed E-state index contributed by atoms with van der Waals surface area (Å²) in [5, 5.41) is 18.9. The van der Waals surface area contributed by atoms with Crippen molar-refractivity contribution in [2.45, 2.75) is 11.8 Å². The minimum Gasteiger partial charge on any atom is -0.504 e. The second-order valence-electron chi connectivity index (χ2n) is 2.78. The minimum absolute atomic E-state index is 0.123. The third kappa shape index (κ3) is 1.80. The lowest BCUT2D eigenvalue weighted by atomic mass is 10.1. The van der Waals surface area contributed by atoms with Gasteiger partial charge in [-0.25, -0.2) is 0 Å². The fourth-order valence-electron chi connectivity index (χ4n) is 1.23. The Morgan fingerprint density at radius 3 is 2.57 bits per heavy atom. The molecule has 0 bridgehead atoms. The molecule has 14 heavy (non-hydrogen) atoms. The van der Waals surface area contributed by atoms with E-state index in [4.69, 9.17) is 5.73 Å². The first-order valence-corrected chi connectivity index (χ1v) is 5.35. The van der Waals surface area contributed by atoms with Crippen molar-refractivity contribution in [1.29, 1.82) is 0 Å². The van der Waals surface area contributed by atoms with Gasteiger partial charge in [0.1, 0.15) is 0 Å². The molecule has 0 fully saturated rings. The SMILES string of the molecule is C/C=C/c1c(O)c(O)cc(N)c1SC. The molecule has 3 nitrogen and oxygen atoms in total. The van der Waals surface area contributed by atoms with E-state index in [2.05, 4.69) is 0 Å². The van der Waals surface area contributed by atoms with E-state index >= 15 is 0 Å². The van der Waals surface area contributed by atoms with Crippen LogP contribution in [0.2, 0.25) is 0 Å². The lowest BCUT2D eigenvalue weighted by molar-refractivity contribution is 0.402. The third-order valence-electron chi connectivity index (χ3n) is 1.83. The molecule has 0 unspecified atom stereocenters. The Hall–Kier alpha value is -1.29. The standard InChI is InChI=1S/C10H13NO2S/c1-3-4-6-9(13)8(12)5-7(11)10(6)14-2/h3-5,12-13H,11H2,1-2H3/b4-3+. The molecular weight excluding hydrogens is 198 g/mol. The summed E-state index contributed by atoms with van der Waals surface area (Å²) in [7, 11) is 0. The van der Waals surface area contributed by atoms with Crippen molar-refractivity contribution in [2.24, 2.45) is 0 Å². The fraction of sp³-hybridized carbons (Fsp3) is 0.200. The zero-order valence-electron chi connectivity index (χ0n) is 8.11. The van der Waals surface area contributed by atoms with E-state index < -0.39 is 0 Å². The summed E-state index contributed by atoms with van der Waals surface area (Å²) in [5.74, 6) is -0.310. The first-order valence-electron chi connectivity index (χ1n) is 4.12. The van der Waals surface area contributed by atoms with Crippen LogP contribution in [0, 0.1) is 0 Å². The van der Waals surface area contributed by atoms with E-state index in [1.165, 1.54) is 17.8 Å². The van der Waals surface area contributed by atoms with Crippen LogP contribution in [0.4, 0.5) is 5.69 Å². The van der Waals surface area contributed by atoms with Crippen LogP contribution < -0.4 is 5.73 Å². The van der Waals surface area contributed by atoms with Gasteiger partial charge >= 0.3 is 0 Å². The summed E-state index contributed by atoms with van der Waals surface area (Å²) in [6, 6.07) is 1.36. The van der Waals surface area contributed by atoms with Gasteiger partial charge in [0, 0.05) is 22.2 Å². The van der Waals surface area contributed by atoms with Crippen LogP contribution in [0.25, 0.3) is 6.08 Å². The molecule has 4 N–H and O–H groups in total. The maximum atomic E-state index is 9.59. The topological polar surface area (TPSA) is 66.5 Å². The molecule has 0 radical (unpaired) electrons. The number of anilines is 1. The highest BCUT2D eigenvalue weighted by atomic mass is 32.2. The first kappa shape index (κ1) is 10.8. The van der Waals surface area contributed by atoms with Crippen molar-refractivity contribution in [2.75, 3.05) is 12.0 Å². The molecule has 0 saturated carbocycles. The lowest BCUT2D eigenvalue weighted by Gasteiger charge is -2.10. The number of phenols is 2. The van der Waals surface area contributed by atoms with E-state index in [1.54, 1.807) is 12.2 Å². The molecular formula is C10H13NO2S. The minimum atomic E-state index is -0.187. The zero-order valence-corrected chi connectivity index (χ0v) is 8.93. The summed E-state index contributed by atoms with van der Waals surface area (Å²) in [5.41, 5.74) is 6.75. The van der Waals surface area contributed by atoms with Gasteiger partial charge in [0.05, 0.1) is 0 Å². The molecule has 0 atom stereocenters. The van der Waals surface area contributed by atoms with Gasteiger partial charge in [-0.2, -0.15) is 0 Å². The van der Waals surface area contributed by atoms with Gasteiger partial charge in [0.15, 0.2) is 11.5 Å². The lowest BCUT2D eigenvalue weighted by Crippen LogP contribution is -1.91. The van der Waals surface area contributed by atoms with Crippen molar-refractivity contribution in [3.63, 3.8) is 0 Å². The van der Waals surface area contributed by atoms with Crippen molar-refractivity contribution in [3.8, 4) is 11.5 Å². The summed E-state index contributed by atoms with van der Waals surface area (Å²) < 4.78 is 0. The maximum absolute atomic E-state index is 9.59. The van der Waals surface area contributed by atoms with E-state index in [1.807, 2.05) is 13.2 Å². The molecule has 1 aromatic rings. The molecule has 0 aromatic heterocycles. The highest BCUT2D eigenvalue weighted by Crippen LogP contribution is 2.40. The Bertz CT molecular complexity index is 375. The monoisotopic (exact) mass is 211 g/mol. The number of hydrogen-bond acceptors (Lipinski definition) is 4. The van der Waals surface area contributed by atoms with E-state index in [9.17, 15) is 10.2 Å². The van der Waals surface area contributed by atoms with Crippen molar-refractivity contribution in [3.05, 3.63) is 17.7 Å². The second-order valence-corrected chi connectivity index (χ2v) is 3.60. The summed E-state index contributed by atoms with van der Waals surface area (Å²) in [6.07, 6.45) is 5.38. The molecule has 0 saturated heterocycles. The van der Waals surface area contributed by atoms with Gasteiger partial charge in [0.2, 0.25) is 0 Å². The van der Waals surface area contributed by atoms with Crippen molar-refractivity contribution >= 4 is 23.5 Å². The number of allylic oxidation sites excluding steroid dienone is 1. The molecule has 4 heteroatoms. The maximum Gasteiger partial charge on any atom is 0.166 e. The number of thioether (sulfide) groups is 1. The van der Waals surface area contributed by atoms with Gasteiger partial charge < -0.3 is 15.9 Å². The van der Waals surface area contributed by atoms with Crippen LogP contribution in [0.3, 0.4) is 0 Å². The molecule has 1 rings (SSSR count). The van der Waals surface area contributed by atoms with Gasteiger partial charge in [-0.3, -0.25) is 0 Å².